The van der Waals surface area contributed by atoms with Crippen molar-refractivity contribution in [3.8, 4) is 11.5 Å². The SMILES string of the molecule is CC(CSc1ccc2c(c1)OCCO2)(NC1CC1)C(=O)O. The number of fused-ring (bicyclic) bond motifs is 1. The van der Waals surface area contributed by atoms with Crippen molar-refractivity contribution in [1.82, 2.24) is 5.32 Å². The highest BCUT2D eigenvalue weighted by Crippen LogP contribution is 2.35. The molecule has 2 aliphatic rings. The van der Waals surface area contributed by atoms with E-state index in [1.165, 1.54) is 11.8 Å². The molecule has 21 heavy (non-hydrogen) atoms. The topological polar surface area (TPSA) is 67.8 Å². The fourth-order valence-electron chi connectivity index (χ4n) is 2.18. The van der Waals surface area contributed by atoms with Crippen LogP contribution in [-0.2, 0) is 4.79 Å². The Hall–Kier alpha value is -1.40. The monoisotopic (exact) mass is 309 g/mol. The van der Waals surface area contributed by atoms with Gasteiger partial charge in [-0.2, -0.15) is 0 Å². The number of nitrogens with one attached hydrogen (secondary N) is 1. The van der Waals surface area contributed by atoms with E-state index >= 15 is 0 Å². The predicted molar refractivity (Wildman–Crippen MR) is 80.4 cm³/mol. The molecule has 0 aromatic heterocycles. The van der Waals surface area contributed by atoms with E-state index in [4.69, 9.17) is 9.47 Å². The summed E-state index contributed by atoms with van der Waals surface area (Å²) in [5, 5.41) is 12.7. The zero-order valence-electron chi connectivity index (χ0n) is 11.9. The molecule has 1 saturated carbocycles. The molecule has 1 atom stereocenters. The minimum atomic E-state index is -0.904. The van der Waals surface area contributed by atoms with Crippen LogP contribution in [0.5, 0.6) is 11.5 Å². The normalized spacial score (nSPS) is 19.9. The molecule has 3 rings (SSSR count). The number of ether oxygens (including phenoxy) is 2. The fourth-order valence-corrected chi connectivity index (χ4v) is 3.20. The second kappa shape index (κ2) is 5.77. The lowest BCUT2D eigenvalue weighted by Crippen LogP contribution is -2.52. The molecule has 0 saturated heterocycles. The van der Waals surface area contributed by atoms with Crippen LogP contribution in [0.2, 0.25) is 0 Å². The van der Waals surface area contributed by atoms with Crippen LogP contribution >= 0.6 is 11.8 Å². The maximum Gasteiger partial charge on any atom is 0.324 e. The number of carboxylic acid groups (broad SMARTS) is 1. The van der Waals surface area contributed by atoms with Crippen LogP contribution in [0.1, 0.15) is 19.8 Å². The summed E-state index contributed by atoms with van der Waals surface area (Å²) >= 11 is 1.52. The molecular formula is C15H19NO4S. The van der Waals surface area contributed by atoms with Gasteiger partial charge in [-0.15, -0.1) is 11.8 Å². The van der Waals surface area contributed by atoms with Crippen molar-refractivity contribution in [1.29, 1.82) is 0 Å². The Balaban J connectivity index is 1.66. The summed E-state index contributed by atoms with van der Waals surface area (Å²) in [6, 6.07) is 6.09. The molecule has 6 heteroatoms. The summed E-state index contributed by atoms with van der Waals surface area (Å²) in [6.07, 6.45) is 2.13. The van der Waals surface area contributed by atoms with E-state index in [0.29, 0.717) is 25.0 Å². The van der Waals surface area contributed by atoms with Crippen molar-refractivity contribution in [2.24, 2.45) is 0 Å². The Morgan fingerprint density at radius 2 is 2.10 bits per heavy atom. The summed E-state index contributed by atoms with van der Waals surface area (Å²) in [4.78, 5) is 12.5. The first-order valence-corrected chi connectivity index (χ1v) is 8.09. The van der Waals surface area contributed by atoms with Gasteiger partial charge in [-0.1, -0.05) is 0 Å². The van der Waals surface area contributed by atoms with Crippen molar-refractivity contribution >= 4 is 17.7 Å². The molecule has 0 spiro atoms. The van der Waals surface area contributed by atoms with Gasteiger partial charge in [0.25, 0.3) is 0 Å². The highest BCUT2D eigenvalue weighted by molar-refractivity contribution is 7.99. The van der Waals surface area contributed by atoms with Gasteiger partial charge in [0.15, 0.2) is 11.5 Å². The third kappa shape index (κ3) is 3.44. The lowest BCUT2D eigenvalue weighted by molar-refractivity contribution is -0.143. The van der Waals surface area contributed by atoms with Crippen LogP contribution in [0.25, 0.3) is 0 Å². The minimum Gasteiger partial charge on any atom is -0.486 e. The molecule has 2 N–H and O–H groups in total. The summed E-state index contributed by atoms with van der Waals surface area (Å²) < 4.78 is 11.0. The standard InChI is InChI=1S/C15H19NO4S/c1-15(14(17)18,16-10-2-3-10)9-21-11-4-5-12-13(8-11)20-7-6-19-12/h4-5,8,10,16H,2-3,6-7,9H2,1H3,(H,17,18). The van der Waals surface area contributed by atoms with Crippen LogP contribution < -0.4 is 14.8 Å². The van der Waals surface area contributed by atoms with Crippen LogP contribution in [0.4, 0.5) is 0 Å². The highest BCUT2D eigenvalue weighted by Gasteiger charge is 2.38. The second-order valence-electron chi connectivity index (χ2n) is 5.65. The van der Waals surface area contributed by atoms with Gasteiger partial charge in [0.1, 0.15) is 18.8 Å². The lowest BCUT2D eigenvalue weighted by Gasteiger charge is -2.26. The molecule has 1 heterocycles. The third-order valence-corrected chi connectivity index (χ3v) is 4.92. The maximum atomic E-state index is 11.5. The first kappa shape index (κ1) is 14.5. The zero-order chi connectivity index (χ0) is 14.9. The third-order valence-electron chi connectivity index (χ3n) is 3.61. The quantitative estimate of drug-likeness (QED) is 0.785. The number of benzene rings is 1. The lowest BCUT2D eigenvalue weighted by atomic mass is 10.1. The van der Waals surface area contributed by atoms with Gasteiger partial charge in [-0.05, 0) is 38.0 Å². The van der Waals surface area contributed by atoms with Gasteiger partial charge in [0, 0.05) is 16.7 Å². The molecule has 1 fully saturated rings. The second-order valence-corrected chi connectivity index (χ2v) is 6.70. The number of rotatable bonds is 6. The molecule has 1 aliphatic carbocycles. The molecule has 1 aromatic carbocycles. The Labute approximate surface area is 128 Å². The molecule has 1 aromatic rings. The summed E-state index contributed by atoms with van der Waals surface area (Å²) in [5.41, 5.74) is -0.904. The first-order valence-electron chi connectivity index (χ1n) is 7.10. The van der Waals surface area contributed by atoms with Gasteiger partial charge < -0.3 is 14.6 Å². The van der Waals surface area contributed by atoms with Crippen LogP contribution in [0.3, 0.4) is 0 Å². The molecule has 0 radical (unpaired) electrons. The Morgan fingerprint density at radius 3 is 2.76 bits per heavy atom. The molecule has 114 valence electrons. The van der Waals surface area contributed by atoms with Crippen LogP contribution in [0.15, 0.2) is 23.1 Å². The van der Waals surface area contributed by atoms with E-state index in [9.17, 15) is 9.90 Å². The smallest absolute Gasteiger partial charge is 0.324 e. The van der Waals surface area contributed by atoms with Gasteiger partial charge in [-0.25, -0.2) is 0 Å². The van der Waals surface area contributed by atoms with Gasteiger partial charge in [-0.3, -0.25) is 10.1 Å². The van der Waals surface area contributed by atoms with Crippen molar-refractivity contribution in [3.05, 3.63) is 18.2 Å². The highest BCUT2D eigenvalue weighted by atomic mass is 32.2. The van der Waals surface area contributed by atoms with Gasteiger partial charge >= 0.3 is 5.97 Å². The van der Waals surface area contributed by atoms with Gasteiger partial charge in [0.2, 0.25) is 0 Å². The molecule has 5 nitrogen and oxygen atoms in total. The summed E-state index contributed by atoms with van der Waals surface area (Å²) in [6.45, 7) is 2.87. The van der Waals surface area contributed by atoms with Crippen LogP contribution in [-0.4, -0.2) is 41.6 Å². The molecule has 1 aliphatic heterocycles. The summed E-state index contributed by atoms with van der Waals surface area (Å²) in [7, 11) is 0. The first-order chi connectivity index (χ1) is 10.1. The molecule has 0 amide bonds. The largest absolute Gasteiger partial charge is 0.486 e. The average Bonchev–Trinajstić information content (AvgIpc) is 3.28. The number of hydrogen-bond acceptors (Lipinski definition) is 5. The molecule has 1 unspecified atom stereocenters. The predicted octanol–water partition coefficient (Wildman–Crippen LogP) is 2.15. The van der Waals surface area contributed by atoms with Crippen molar-refractivity contribution in [2.75, 3.05) is 19.0 Å². The van der Waals surface area contributed by atoms with Gasteiger partial charge in [0.05, 0.1) is 0 Å². The van der Waals surface area contributed by atoms with E-state index in [0.717, 1.165) is 29.2 Å². The Morgan fingerprint density at radius 1 is 1.38 bits per heavy atom. The fraction of sp³-hybridized carbons (Fsp3) is 0.533. The number of carboxylic acids is 1. The van der Waals surface area contributed by atoms with Crippen LogP contribution in [0, 0.1) is 0 Å². The zero-order valence-corrected chi connectivity index (χ0v) is 12.7. The van der Waals surface area contributed by atoms with E-state index in [2.05, 4.69) is 5.32 Å². The van der Waals surface area contributed by atoms with Crippen molar-refractivity contribution in [3.63, 3.8) is 0 Å². The molecule has 0 bridgehead atoms. The summed E-state index contributed by atoms with van der Waals surface area (Å²) in [5.74, 6) is 1.15. The van der Waals surface area contributed by atoms with E-state index in [1.807, 2.05) is 18.2 Å². The van der Waals surface area contributed by atoms with Crippen molar-refractivity contribution < 1.29 is 19.4 Å². The maximum absolute atomic E-state index is 11.5. The number of thioether (sulfide) groups is 1. The number of hydrogen-bond donors (Lipinski definition) is 2. The minimum absolute atomic E-state index is 0.354. The van der Waals surface area contributed by atoms with E-state index in [-0.39, 0.29) is 0 Å². The van der Waals surface area contributed by atoms with E-state index in [1.54, 1.807) is 6.92 Å². The van der Waals surface area contributed by atoms with E-state index < -0.39 is 11.5 Å². The number of carbonyl (C=O) groups is 1. The number of aliphatic carboxylic acids is 1. The Bertz CT molecular complexity index is 546. The van der Waals surface area contributed by atoms with Crippen molar-refractivity contribution in [2.45, 2.75) is 36.2 Å². The molecular weight excluding hydrogens is 290 g/mol. The Kier molecular flexibility index (Phi) is 3.99. The average molecular weight is 309 g/mol.